The summed E-state index contributed by atoms with van der Waals surface area (Å²) in [6.45, 7) is 9.48. The number of likely N-dealkylation sites (N-methyl/N-ethyl adjacent to an activating group) is 1. The zero-order chi connectivity index (χ0) is 20.4. The Morgan fingerprint density at radius 2 is 1.75 bits per heavy atom. The van der Waals surface area contributed by atoms with E-state index in [2.05, 4.69) is 22.0 Å². The van der Waals surface area contributed by atoms with Crippen molar-refractivity contribution in [2.45, 2.75) is 30.2 Å². The molecular formula is C20H28F3N3OS. The van der Waals surface area contributed by atoms with Gasteiger partial charge in [0.15, 0.2) is 0 Å². The van der Waals surface area contributed by atoms with Crippen LogP contribution in [0, 0.1) is 0 Å². The molecule has 0 aliphatic carbocycles. The van der Waals surface area contributed by atoms with Gasteiger partial charge in [-0.2, -0.15) is 13.2 Å². The fourth-order valence-corrected chi connectivity index (χ4v) is 3.55. The molecular weight excluding hydrogens is 387 g/mol. The summed E-state index contributed by atoms with van der Waals surface area (Å²) in [6, 6.07) is 5.93. The Morgan fingerprint density at radius 1 is 1.11 bits per heavy atom. The van der Waals surface area contributed by atoms with Crippen LogP contribution in [0.3, 0.4) is 0 Å². The second-order valence-corrected chi connectivity index (χ2v) is 7.86. The first-order valence-electron chi connectivity index (χ1n) is 9.62. The molecule has 28 heavy (non-hydrogen) atoms. The number of unbranched alkanes of at least 4 members (excludes halogenated alkanes) is 1. The smallest absolute Gasteiger partial charge is 0.353 e. The third-order valence-corrected chi connectivity index (χ3v) is 5.39. The lowest BCUT2D eigenvalue weighted by atomic mass is 10.2. The fourth-order valence-electron chi connectivity index (χ4n) is 3.01. The van der Waals surface area contributed by atoms with E-state index in [0.29, 0.717) is 12.1 Å². The maximum Gasteiger partial charge on any atom is 0.446 e. The lowest BCUT2D eigenvalue weighted by Crippen LogP contribution is -2.46. The monoisotopic (exact) mass is 415 g/mol. The highest BCUT2D eigenvalue weighted by molar-refractivity contribution is 8.00. The van der Waals surface area contributed by atoms with Crippen molar-refractivity contribution >= 4 is 23.7 Å². The number of thioether (sulfide) groups is 1. The number of piperazine rings is 1. The second-order valence-electron chi connectivity index (χ2n) is 6.72. The molecule has 1 aliphatic heterocycles. The van der Waals surface area contributed by atoms with Gasteiger partial charge in [-0.15, -0.1) is 0 Å². The van der Waals surface area contributed by atoms with Crippen molar-refractivity contribution in [3.63, 3.8) is 0 Å². The van der Waals surface area contributed by atoms with Crippen molar-refractivity contribution in [1.82, 2.24) is 15.1 Å². The number of halogens is 3. The van der Waals surface area contributed by atoms with Gasteiger partial charge in [-0.05, 0) is 61.5 Å². The van der Waals surface area contributed by atoms with Gasteiger partial charge in [0.05, 0.1) is 0 Å². The normalized spacial score (nSPS) is 16.6. The summed E-state index contributed by atoms with van der Waals surface area (Å²) in [7, 11) is 0. The number of rotatable bonds is 9. The van der Waals surface area contributed by atoms with E-state index < -0.39 is 5.51 Å². The molecule has 156 valence electrons. The molecule has 1 N–H and O–H groups in total. The van der Waals surface area contributed by atoms with Crippen molar-refractivity contribution in [1.29, 1.82) is 0 Å². The van der Waals surface area contributed by atoms with E-state index in [1.54, 1.807) is 18.2 Å². The molecule has 1 saturated heterocycles. The average Bonchev–Trinajstić information content (AvgIpc) is 2.66. The molecule has 0 unspecified atom stereocenters. The van der Waals surface area contributed by atoms with E-state index in [0.717, 1.165) is 52.1 Å². The molecule has 2 rings (SSSR count). The SMILES string of the molecule is CCN1CCN(CCCCNC(=O)/C=C/c2ccc(SC(F)(F)F)cc2)CC1. The Bertz CT molecular complexity index is 627. The largest absolute Gasteiger partial charge is 0.446 e. The maximum absolute atomic E-state index is 12.3. The molecule has 0 radical (unpaired) electrons. The second kappa shape index (κ2) is 11.5. The molecule has 0 atom stereocenters. The molecule has 0 aromatic heterocycles. The Hall–Kier alpha value is -1.51. The van der Waals surface area contributed by atoms with Crippen LogP contribution < -0.4 is 5.32 Å². The van der Waals surface area contributed by atoms with Crippen LogP contribution in [-0.2, 0) is 4.79 Å². The number of carbonyl (C=O) groups is 1. The van der Waals surface area contributed by atoms with E-state index in [-0.39, 0.29) is 22.6 Å². The van der Waals surface area contributed by atoms with Crippen molar-refractivity contribution < 1.29 is 18.0 Å². The van der Waals surface area contributed by atoms with Gasteiger partial charge in [0, 0.05) is 43.7 Å². The minimum absolute atomic E-state index is 0.130. The number of hydrogen-bond acceptors (Lipinski definition) is 4. The quantitative estimate of drug-likeness (QED) is 0.378. The molecule has 1 heterocycles. The van der Waals surface area contributed by atoms with Crippen LogP contribution in [0.15, 0.2) is 35.2 Å². The molecule has 1 amide bonds. The molecule has 1 aliphatic rings. The highest BCUT2D eigenvalue weighted by Crippen LogP contribution is 2.36. The number of benzene rings is 1. The predicted molar refractivity (Wildman–Crippen MR) is 108 cm³/mol. The first-order valence-corrected chi connectivity index (χ1v) is 10.4. The molecule has 1 fully saturated rings. The molecule has 0 saturated carbocycles. The van der Waals surface area contributed by atoms with Gasteiger partial charge in [0.25, 0.3) is 0 Å². The minimum atomic E-state index is -4.29. The zero-order valence-electron chi connectivity index (χ0n) is 16.2. The standard InChI is InChI=1S/C20H28F3N3OS/c1-2-25-13-15-26(16-14-25)12-4-3-11-24-19(27)10-7-17-5-8-18(9-6-17)28-20(21,22)23/h5-10H,2-4,11-16H2,1H3,(H,24,27)/b10-7+. The average molecular weight is 416 g/mol. The molecule has 8 heteroatoms. The van der Waals surface area contributed by atoms with Crippen molar-refractivity contribution in [3.05, 3.63) is 35.9 Å². The highest BCUT2D eigenvalue weighted by Gasteiger charge is 2.28. The number of nitrogens with zero attached hydrogens (tertiary/aromatic N) is 2. The predicted octanol–water partition coefficient (Wildman–Crippen LogP) is 3.85. The molecule has 4 nitrogen and oxygen atoms in total. The van der Waals surface area contributed by atoms with E-state index in [4.69, 9.17) is 0 Å². The van der Waals surface area contributed by atoms with E-state index in [1.807, 2.05) is 0 Å². The fraction of sp³-hybridized carbons (Fsp3) is 0.550. The van der Waals surface area contributed by atoms with Crippen LogP contribution in [0.1, 0.15) is 25.3 Å². The summed E-state index contributed by atoms with van der Waals surface area (Å²) in [5.41, 5.74) is -3.60. The third kappa shape index (κ3) is 9.12. The van der Waals surface area contributed by atoms with Crippen molar-refractivity contribution in [2.75, 3.05) is 45.8 Å². The lowest BCUT2D eigenvalue weighted by molar-refractivity contribution is -0.116. The summed E-state index contributed by atoms with van der Waals surface area (Å²) in [5.74, 6) is -0.190. The summed E-state index contributed by atoms with van der Waals surface area (Å²) < 4.78 is 36.9. The third-order valence-electron chi connectivity index (χ3n) is 4.65. The van der Waals surface area contributed by atoms with Crippen molar-refractivity contribution in [3.8, 4) is 0 Å². The maximum atomic E-state index is 12.3. The Morgan fingerprint density at radius 3 is 2.36 bits per heavy atom. The summed E-state index contributed by atoms with van der Waals surface area (Å²) in [6.07, 6.45) is 4.99. The Kier molecular flexibility index (Phi) is 9.34. The number of hydrogen-bond donors (Lipinski definition) is 1. The number of amides is 1. The summed E-state index contributed by atoms with van der Waals surface area (Å²) >= 11 is -0.148. The van der Waals surface area contributed by atoms with Crippen molar-refractivity contribution in [2.24, 2.45) is 0 Å². The summed E-state index contributed by atoms with van der Waals surface area (Å²) in [5, 5.41) is 2.84. The van der Waals surface area contributed by atoms with E-state index in [9.17, 15) is 18.0 Å². The zero-order valence-corrected chi connectivity index (χ0v) is 17.0. The van der Waals surface area contributed by atoms with E-state index >= 15 is 0 Å². The number of alkyl halides is 3. The number of carbonyl (C=O) groups excluding carboxylic acids is 1. The molecule has 0 spiro atoms. The van der Waals surface area contributed by atoms with E-state index in [1.165, 1.54) is 18.2 Å². The van der Waals surface area contributed by atoms with Gasteiger partial charge in [-0.1, -0.05) is 19.1 Å². The van der Waals surface area contributed by atoms with Crippen LogP contribution in [0.4, 0.5) is 13.2 Å². The highest BCUT2D eigenvalue weighted by atomic mass is 32.2. The number of nitrogens with one attached hydrogen (secondary N) is 1. The molecule has 0 bridgehead atoms. The Labute approximate surface area is 169 Å². The van der Waals surface area contributed by atoms with Crippen LogP contribution in [0.2, 0.25) is 0 Å². The molecule has 1 aromatic rings. The van der Waals surface area contributed by atoms with Crippen LogP contribution in [0.5, 0.6) is 0 Å². The van der Waals surface area contributed by atoms with Gasteiger partial charge in [0.2, 0.25) is 5.91 Å². The van der Waals surface area contributed by atoms with Crippen LogP contribution in [-0.4, -0.2) is 67.0 Å². The summed E-state index contributed by atoms with van der Waals surface area (Å²) in [4.78, 5) is 16.9. The van der Waals surface area contributed by atoms with Gasteiger partial charge >= 0.3 is 5.51 Å². The topological polar surface area (TPSA) is 35.6 Å². The van der Waals surface area contributed by atoms with Gasteiger partial charge in [0.1, 0.15) is 0 Å². The minimum Gasteiger partial charge on any atom is -0.353 e. The first kappa shape index (κ1) is 22.8. The van der Waals surface area contributed by atoms with Gasteiger partial charge in [-0.25, -0.2) is 0 Å². The van der Waals surface area contributed by atoms with Crippen LogP contribution in [0.25, 0.3) is 6.08 Å². The van der Waals surface area contributed by atoms with Crippen LogP contribution >= 0.6 is 11.8 Å². The van der Waals surface area contributed by atoms with Gasteiger partial charge in [-0.3, -0.25) is 4.79 Å². The van der Waals surface area contributed by atoms with Gasteiger partial charge < -0.3 is 15.1 Å². The lowest BCUT2D eigenvalue weighted by Gasteiger charge is -2.33. The molecule has 1 aromatic carbocycles. The Balaban J connectivity index is 1.59. The first-order chi connectivity index (χ1) is 13.4.